The SMILES string of the molecule is CC(C)N1CCC(NCc2cccc(C(N)=O)c2)C1. The molecule has 1 unspecified atom stereocenters. The average molecular weight is 261 g/mol. The van der Waals surface area contributed by atoms with E-state index in [1.807, 2.05) is 18.2 Å². The molecular weight excluding hydrogens is 238 g/mol. The number of nitrogens with one attached hydrogen (secondary N) is 1. The van der Waals surface area contributed by atoms with Gasteiger partial charge in [0.15, 0.2) is 0 Å². The molecule has 1 saturated heterocycles. The Kier molecular flexibility index (Phi) is 4.56. The van der Waals surface area contributed by atoms with Crippen LogP contribution in [-0.2, 0) is 6.54 Å². The summed E-state index contributed by atoms with van der Waals surface area (Å²) in [5.74, 6) is -0.367. The van der Waals surface area contributed by atoms with E-state index in [0.29, 0.717) is 17.6 Å². The van der Waals surface area contributed by atoms with E-state index in [1.54, 1.807) is 6.07 Å². The predicted molar refractivity (Wildman–Crippen MR) is 76.9 cm³/mol. The van der Waals surface area contributed by atoms with Gasteiger partial charge in [-0.25, -0.2) is 0 Å². The Morgan fingerprint density at radius 1 is 1.53 bits per heavy atom. The van der Waals surface area contributed by atoms with Gasteiger partial charge in [0.25, 0.3) is 0 Å². The number of likely N-dealkylation sites (tertiary alicyclic amines) is 1. The first-order valence-corrected chi connectivity index (χ1v) is 6.92. The zero-order valence-electron chi connectivity index (χ0n) is 11.7. The molecule has 0 saturated carbocycles. The largest absolute Gasteiger partial charge is 0.366 e. The monoisotopic (exact) mass is 261 g/mol. The molecule has 1 fully saturated rings. The average Bonchev–Trinajstić information content (AvgIpc) is 2.85. The fourth-order valence-corrected chi connectivity index (χ4v) is 2.52. The van der Waals surface area contributed by atoms with E-state index < -0.39 is 0 Å². The first-order chi connectivity index (χ1) is 9.06. The summed E-state index contributed by atoms with van der Waals surface area (Å²) in [5.41, 5.74) is 6.98. The van der Waals surface area contributed by atoms with Crippen molar-refractivity contribution >= 4 is 5.91 Å². The molecule has 0 spiro atoms. The summed E-state index contributed by atoms with van der Waals surface area (Å²) in [4.78, 5) is 13.6. The molecule has 1 amide bonds. The van der Waals surface area contributed by atoms with Crippen molar-refractivity contribution in [1.82, 2.24) is 10.2 Å². The smallest absolute Gasteiger partial charge is 0.248 e. The maximum atomic E-state index is 11.1. The molecule has 2 rings (SSSR count). The van der Waals surface area contributed by atoms with Crippen molar-refractivity contribution in [3.05, 3.63) is 35.4 Å². The Hall–Kier alpha value is -1.39. The summed E-state index contributed by atoms with van der Waals surface area (Å²) in [6, 6.07) is 8.68. The topological polar surface area (TPSA) is 58.4 Å². The summed E-state index contributed by atoms with van der Waals surface area (Å²) in [6.07, 6.45) is 1.19. The third-order valence-electron chi connectivity index (χ3n) is 3.76. The Labute approximate surface area is 115 Å². The van der Waals surface area contributed by atoms with Gasteiger partial charge in [-0.2, -0.15) is 0 Å². The van der Waals surface area contributed by atoms with Gasteiger partial charge in [0, 0.05) is 30.7 Å². The lowest BCUT2D eigenvalue weighted by atomic mass is 10.1. The second-order valence-corrected chi connectivity index (χ2v) is 5.52. The van der Waals surface area contributed by atoms with Crippen molar-refractivity contribution in [2.45, 2.75) is 38.9 Å². The molecule has 4 nitrogen and oxygen atoms in total. The van der Waals surface area contributed by atoms with E-state index in [9.17, 15) is 4.79 Å². The highest BCUT2D eigenvalue weighted by Crippen LogP contribution is 2.13. The lowest BCUT2D eigenvalue weighted by Gasteiger charge is -2.20. The predicted octanol–water partition coefficient (Wildman–Crippen LogP) is 1.36. The summed E-state index contributed by atoms with van der Waals surface area (Å²) < 4.78 is 0. The van der Waals surface area contributed by atoms with Gasteiger partial charge >= 0.3 is 0 Å². The minimum Gasteiger partial charge on any atom is -0.366 e. The fraction of sp³-hybridized carbons (Fsp3) is 0.533. The summed E-state index contributed by atoms with van der Waals surface area (Å²) in [5, 5.41) is 3.56. The lowest BCUT2D eigenvalue weighted by molar-refractivity contribution is 0.1000. The van der Waals surface area contributed by atoms with Gasteiger partial charge in [-0.05, 0) is 44.5 Å². The highest BCUT2D eigenvalue weighted by molar-refractivity contribution is 5.92. The molecular formula is C15H23N3O. The van der Waals surface area contributed by atoms with Crippen LogP contribution in [0.3, 0.4) is 0 Å². The van der Waals surface area contributed by atoms with Crippen molar-refractivity contribution in [2.75, 3.05) is 13.1 Å². The van der Waals surface area contributed by atoms with Gasteiger partial charge in [-0.3, -0.25) is 9.69 Å². The summed E-state index contributed by atoms with van der Waals surface area (Å²) in [6.45, 7) is 7.53. The number of nitrogens with two attached hydrogens (primary N) is 1. The van der Waals surface area contributed by atoms with Gasteiger partial charge in [-0.1, -0.05) is 12.1 Å². The number of benzene rings is 1. The van der Waals surface area contributed by atoms with Crippen molar-refractivity contribution in [1.29, 1.82) is 0 Å². The molecule has 1 aromatic rings. The molecule has 1 aliphatic rings. The van der Waals surface area contributed by atoms with Gasteiger partial charge in [-0.15, -0.1) is 0 Å². The minimum absolute atomic E-state index is 0.367. The van der Waals surface area contributed by atoms with Gasteiger partial charge in [0.2, 0.25) is 5.91 Å². The van der Waals surface area contributed by atoms with E-state index >= 15 is 0 Å². The van der Waals surface area contributed by atoms with E-state index in [-0.39, 0.29) is 5.91 Å². The van der Waals surface area contributed by atoms with Crippen LogP contribution in [0, 0.1) is 0 Å². The zero-order chi connectivity index (χ0) is 13.8. The van der Waals surface area contributed by atoms with Crippen LogP contribution in [0.15, 0.2) is 24.3 Å². The van der Waals surface area contributed by atoms with Crippen LogP contribution >= 0.6 is 0 Å². The fourth-order valence-electron chi connectivity index (χ4n) is 2.52. The molecule has 3 N–H and O–H groups in total. The zero-order valence-corrected chi connectivity index (χ0v) is 11.7. The molecule has 0 bridgehead atoms. The molecule has 1 atom stereocenters. The van der Waals surface area contributed by atoms with Crippen LogP contribution in [0.2, 0.25) is 0 Å². The van der Waals surface area contributed by atoms with Crippen LogP contribution in [0.1, 0.15) is 36.2 Å². The van der Waals surface area contributed by atoms with E-state index in [0.717, 1.165) is 25.2 Å². The molecule has 1 heterocycles. The van der Waals surface area contributed by atoms with Crippen LogP contribution in [0.25, 0.3) is 0 Å². The second kappa shape index (κ2) is 6.17. The number of carbonyl (C=O) groups is 1. The maximum absolute atomic E-state index is 11.1. The van der Waals surface area contributed by atoms with E-state index in [4.69, 9.17) is 5.73 Å². The molecule has 0 aromatic heterocycles. The Balaban J connectivity index is 1.86. The number of hydrogen-bond acceptors (Lipinski definition) is 3. The van der Waals surface area contributed by atoms with Crippen LogP contribution in [0.5, 0.6) is 0 Å². The van der Waals surface area contributed by atoms with Crippen LogP contribution < -0.4 is 11.1 Å². The molecule has 0 radical (unpaired) electrons. The molecule has 1 aliphatic heterocycles. The van der Waals surface area contributed by atoms with Crippen LogP contribution in [-0.4, -0.2) is 36.0 Å². The van der Waals surface area contributed by atoms with Crippen molar-refractivity contribution < 1.29 is 4.79 Å². The molecule has 1 aromatic carbocycles. The summed E-state index contributed by atoms with van der Waals surface area (Å²) in [7, 11) is 0. The van der Waals surface area contributed by atoms with E-state index in [2.05, 4.69) is 24.1 Å². The number of nitrogens with zero attached hydrogens (tertiary/aromatic N) is 1. The first kappa shape index (κ1) is 14.0. The Morgan fingerprint density at radius 2 is 2.32 bits per heavy atom. The maximum Gasteiger partial charge on any atom is 0.248 e. The first-order valence-electron chi connectivity index (χ1n) is 6.92. The number of hydrogen-bond donors (Lipinski definition) is 2. The Morgan fingerprint density at radius 3 is 2.95 bits per heavy atom. The number of amides is 1. The number of primary amides is 1. The standard InChI is InChI=1S/C15H23N3O/c1-11(2)18-7-6-14(10-18)17-9-12-4-3-5-13(8-12)15(16)19/h3-5,8,11,14,17H,6-7,9-10H2,1-2H3,(H2,16,19). The van der Waals surface area contributed by atoms with Gasteiger partial charge < -0.3 is 11.1 Å². The summed E-state index contributed by atoms with van der Waals surface area (Å²) >= 11 is 0. The van der Waals surface area contributed by atoms with Crippen molar-refractivity contribution in [3.63, 3.8) is 0 Å². The Bertz CT molecular complexity index is 445. The minimum atomic E-state index is -0.367. The lowest BCUT2D eigenvalue weighted by Crippen LogP contribution is -2.34. The van der Waals surface area contributed by atoms with Crippen LogP contribution in [0.4, 0.5) is 0 Å². The second-order valence-electron chi connectivity index (χ2n) is 5.52. The molecule has 19 heavy (non-hydrogen) atoms. The normalized spacial score (nSPS) is 20.1. The number of carbonyl (C=O) groups excluding carboxylic acids is 1. The third kappa shape index (κ3) is 3.78. The highest BCUT2D eigenvalue weighted by atomic mass is 16.1. The van der Waals surface area contributed by atoms with Gasteiger partial charge in [0.05, 0.1) is 0 Å². The van der Waals surface area contributed by atoms with E-state index in [1.165, 1.54) is 6.42 Å². The van der Waals surface area contributed by atoms with Gasteiger partial charge in [0.1, 0.15) is 0 Å². The third-order valence-corrected chi connectivity index (χ3v) is 3.76. The number of rotatable bonds is 5. The van der Waals surface area contributed by atoms with Crippen molar-refractivity contribution in [2.24, 2.45) is 5.73 Å². The quantitative estimate of drug-likeness (QED) is 0.841. The molecule has 0 aliphatic carbocycles. The highest BCUT2D eigenvalue weighted by Gasteiger charge is 2.23. The molecule has 4 heteroatoms. The molecule has 104 valence electrons. The van der Waals surface area contributed by atoms with Crippen molar-refractivity contribution in [3.8, 4) is 0 Å².